The summed E-state index contributed by atoms with van der Waals surface area (Å²) in [5.74, 6) is 0.628. The fourth-order valence-corrected chi connectivity index (χ4v) is 1.26. The minimum atomic E-state index is 0.224. The van der Waals surface area contributed by atoms with E-state index in [-0.39, 0.29) is 6.10 Å². The highest BCUT2D eigenvalue weighted by Gasteiger charge is 2.03. The summed E-state index contributed by atoms with van der Waals surface area (Å²) in [5.41, 5.74) is 1.00. The zero-order valence-electron chi connectivity index (χ0n) is 9.16. The number of aromatic nitrogens is 2. The van der Waals surface area contributed by atoms with Crippen LogP contribution in [0.4, 0.5) is 0 Å². The van der Waals surface area contributed by atoms with E-state index in [0.29, 0.717) is 5.88 Å². The summed E-state index contributed by atoms with van der Waals surface area (Å²) >= 11 is 0. The Morgan fingerprint density at radius 1 is 1.29 bits per heavy atom. The molecule has 1 aromatic rings. The van der Waals surface area contributed by atoms with Crippen LogP contribution in [0.1, 0.15) is 39.3 Å². The highest BCUT2D eigenvalue weighted by atomic mass is 16.5. The maximum Gasteiger partial charge on any atom is 0.232 e. The lowest BCUT2D eigenvalue weighted by Crippen LogP contribution is -2.12. The molecule has 14 heavy (non-hydrogen) atoms. The second-order valence-corrected chi connectivity index (χ2v) is 3.42. The van der Waals surface area contributed by atoms with Crippen LogP contribution in [0.5, 0.6) is 5.88 Å². The first-order chi connectivity index (χ1) is 6.76. The number of ether oxygens (including phenoxy) is 1. The van der Waals surface area contributed by atoms with Gasteiger partial charge in [0.05, 0.1) is 24.2 Å². The van der Waals surface area contributed by atoms with Crippen LogP contribution in [-0.2, 0) is 6.42 Å². The van der Waals surface area contributed by atoms with E-state index >= 15 is 0 Å². The van der Waals surface area contributed by atoms with Crippen LogP contribution in [0.3, 0.4) is 0 Å². The van der Waals surface area contributed by atoms with Crippen LogP contribution in [-0.4, -0.2) is 16.1 Å². The molecule has 0 aliphatic heterocycles. The molecule has 3 nitrogen and oxygen atoms in total. The maximum absolute atomic E-state index is 5.58. The Bertz CT molecular complexity index is 258. The second kappa shape index (κ2) is 5.58. The van der Waals surface area contributed by atoms with Crippen molar-refractivity contribution in [2.24, 2.45) is 0 Å². The van der Waals surface area contributed by atoms with Gasteiger partial charge in [-0.1, -0.05) is 20.3 Å². The normalized spacial score (nSPS) is 12.5. The molecule has 3 heteroatoms. The first kappa shape index (κ1) is 11.0. The van der Waals surface area contributed by atoms with E-state index in [1.54, 1.807) is 12.4 Å². The lowest BCUT2D eigenvalue weighted by Gasteiger charge is -2.12. The Labute approximate surface area is 85.5 Å². The first-order valence-electron chi connectivity index (χ1n) is 5.23. The van der Waals surface area contributed by atoms with Gasteiger partial charge in [-0.2, -0.15) is 0 Å². The van der Waals surface area contributed by atoms with Crippen molar-refractivity contribution in [1.29, 1.82) is 0 Å². The largest absolute Gasteiger partial charge is 0.474 e. The van der Waals surface area contributed by atoms with E-state index in [0.717, 1.165) is 25.0 Å². The summed E-state index contributed by atoms with van der Waals surface area (Å²) in [6.07, 6.45) is 6.79. The number of aryl methyl sites for hydroxylation is 1. The van der Waals surface area contributed by atoms with Crippen molar-refractivity contribution < 1.29 is 4.74 Å². The summed E-state index contributed by atoms with van der Waals surface area (Å²) in [5, 5.41) is 0. The molecule has 0 amide bonds. The summed E-state index contributed by atoms with van der Waals surface area (Å²) < 4.78 is 5.58. The van der Waals surface area contributed by atoms with Crippen LogP contribution in [0.2, 0.25) is 0 Å². The lowest BCUT2D eigenvalue weighted by atomic mass is 10.2. The average molecular weight is 194 g/mol. The van der Waals surface area contributed by atoms with Gasteiger partial charge in [-0.15, -0.1) is 0 Å². The smallest absolute Gasteiger partial charge is 0.232 e. The summed E-state index contributed by atoms with van der Waals surface area (Å²) in [4.78, 5) is 8.41. The standard InChI is InChI=1S/C11H18N2O/c1-4-6-9(3)14-11-8-12-10(5-2)7-13-11/h7-9H,4-6H2,1-3H3. The lowest BCUT2D eigenvalue weighted by molar-refractivity contribution is 0.200. The fraction of sp³-hybridized carbons (Fsp3) is 0.636. The average Bonchev–Trinajstić information content (AvgIpc) is 2.19. The zero-order valence-corrected chi connectivity index (χ0v) is 9.16. The van der Waals surface area contributed by atoms with Crippen LogP contribution in [0.15, 0.2) is 12.4 Å². The van der Waals surface area contributed by atoms with Crippen LogP contribution in [0.25, 0.3) is 0 Å². The summed E-state index contributed by atoms with van der Waals surface area (Å²) in [6, 6.07) is 0. The first-order valence-corrected chi connectivity index (χ1v) is 5.23. The van der Waals surface area contributed by atoms with E-state index < -0.39 is 0 Å². The molecule has 78 valence electrons. The van der Waals surface area contributed by atoms with Crippen molar-refractivity contribution in [2.45, 2.75) is 46.1 Å². The number of hydrogen-bond acceptors (Lipinski definition) is 3. The van der Waals surface area contributed by atoms with Crippen molar-refractivity contribution in [3.63, 3.8) is 0 Å². The van der Waals surface area contributed by atoms with Crippen molar-refractivity contribution in [3.05, 3.63) is 18.1 Å². The second-order valence-electron chi connectivity index (χ2n) is 3.42. The molecule has 0 fully saturated rings. The predicted octanol–water partition coefficient (Wildman–Crippen LogP) is 2.61. The molecular formula is C11H18N2O. The predicted molar refractivity (Wildman–Crippen MR) is 56.4 cm³/mol. The molecule has 1 rings (SSSR count). The summed E-state index contributed by atoms with van der Waals surface area (Å²) in [7, 11) is 0. The molecule has 0 bridgehead atoms. The monoisotopic (exact) mass is 194 g/mol. The van der Waals surface area contributed by atoms with Crippen LogP contribution >= 0.6 is 0 Å². The van der Waals surface area contributed by atoms with E-state index in [2.05, 4.69) is 30.7 Å². The Hall–Kier alpha value is -1.12. The molecular weight excluding hydrogens is 176 g/mol. The zero-order chi connectivity index (χ0) is 10.4. The Morgan fingerprint density at radius 3 is 2.57 bits per heavy atom. The minimum Gasteiger partial charge on any atom is -0.474 e. The number of rotatable bonds is 5. The molecule has 1 aromatic heterocycles. The molecule has 0 radical (unpaired) electrons. The number of hydrogen-bond donors (Lipinski definition) is 0. The van der Waals surface area contributed by atoms with Crippen molar-refractivity contribution in [3.8, 4) is 5.88 Å². The van der Waals surface area contributed by atoms with Crippen molar-refractivity contribution >= 4 is 0 Å². The van der Waals surface area contributed by atoms with E-state index in [1.165, 1.54) is 0 Å². The van der Waals surface area contributed by atoms with Gasteiger partial charge in [0.15, 0.2) is 0 Å². The Kier molecular flexibility index (Phi) is 4.36. The third-order valence-corrected chi connectivity index (χ3v) is 2.06. The van der Waals surface area contributed by atoms with E-state index in [1.807, 2.05) is 0 Å². The quantitative estimate of drug-likeness (QED) is 0.722. The molecule has 1 atom stereocenters. The SMILES string of the molecule is CCCC(C)Oc1cnc(CC)cn1. The molecule has 0 aliphatic rings. The fourth-order valence-electron chi connectivity index (χ4n) is 1.26. The van der Waals surface area contributed by atoms with Gasteiger partial charge in [0.25, 0.3) is 0 Å². The van der Waals surface area contributed by atoms with Gasteiger partial charge < -0.3 is 4.74 Å². The highest BCUT2D eigenvalue weighted by molar-refractivity contribution is 5.07. The van der Waals surface area contributed by atoms with Gasteiger partial charge >= 0.3 is 0 Å². The van der Waals surface area contributed by atoms with Gasteiger partial charge in [0.1, 0.15) is 0 Å². The Balaban J connectivity index is 2.50. The molecule has 0 aromatic carbocycles. The van der Waals surface area contributed by atoms with Crippen molar-refractivity contribution in [2.75, 3.05) is 0 Å². The van der Waals surface area contributed by atoms with Gasteiger partial charge in [0, 0.05) is 0 Å². The van der Waals surface area contributed by atoms with Crippen LogP contribution < -0.4 is 4.74 Å². The molecule has 0 saturated carbocycles. The van der Waals surface area contributed by atoms with E-state index in [9.17, 15) is 0 Å². The third kappa shape index (κ3) is 3.32. The van der Waals surface area contributed by atoms with Gasteiger partial charge in [-0.25, -0.2) is 4.98 Å². The maximum atomic E-state index is 5.58. The Morgan fingerprint density at radius 2 is 2.07 bits per heavy atom. The molecule has 1 heterocycles. The molecule has 0 aliphatic carbocycles. The molecule has 0 spiro atoms. The topological polar surface area (TPSA) is 35.0 Å². The van der Waals surface area contributed by atoms with Crippen molar-refractivity contribution in [1.82, 2.24) is 9.97 Å². The van der Waals surface area contributed by atoms with Crippen LogP contribution in [0, 0.1) is 0 Å². The molecule has 1 unspecified atom stereocenters. The molecule has 0 N–H and O–H groups in total. The van der Waals surface area contributed by atoms with Gasteiger partial charge in [-0.3, -0.25) is 4.98 Å². The third-order valence-electron chi connectivity index (χ3n) is 2.06. The van der Waals surface area contributed by atoms with E-state index in [4.69, 9.17) is 4.74 Å². The number of nitrogens with zero attached hydrogens (tertiary/aromatic N) is 2. The molecule has 0 saturated heterocycles. The summed E-state index contributed by atoms with van der Waals surface area (Å²) in [6.45, 7) is 6.26. The minimum absolute atomic E-state index is 0.224. The van der Waals surface area contributed by atoms with Gasteiger partial charge in [-0.05, 0) is 19.8 Å². The highest BCUT2D eigenvalue weighted by Crippen LogP contribution is 2.09. The van der Waals surface area contributed by atoms with Gasteiger partial charge in [0.2, 0.25) is 5.88 Å².